The van der Waals surface area contributed by atoms with Crippen molar-refractivity contribution in [3.63, 3.8) is 0 Å². The Balaban J connectivity index is 2.02. The van der Waals surface area contributed by atoms with Gasteiger partial charge in [0.05, 0.1) is 6.20 Å². The molecular weight excluding hydrogens is 239 g/mol. The van der Waals surface area contributed by atoms with Gasteiger partial charge in [-0.25, -0.2) is 4.79 Å². The molecule has 1 aliphatic carbocycles. The molecule has 5 radical (unpaired) electrons. The van der Waals surface area contributed by atoms with Crippen LogP contribution in [0.1, 0.15) is 6.42 Å². The summed E-state index contributed by atoms with van der Waals surface area (Å²) in [4.78, 5) is 35.6. The van der Waals surface area contributed by atoms with Crippen LogP contribution in [0.2, 0.25) is 0 Å². The molecule has 0 aromatic carbocycles. The number of aromatic amines is 1. The minimum Gasteiger partial charge on any atom is -0.299 e. The summed E-state index contributed by atoms with van der Waals surface area (Å²) < 4.78 is 13.9. The fourth-order valence-electron chi connectivity index (χ4n) is 1.58. The van der Waals surface area contributed by atoms with E-state index in [0.717, 1.165) is 10.8 Å². The van der Waals surface area contributed by atoms with Crippen molar-refractivity contribution in [2.75, 3.05) is 0 Å². The topological polar surface area (TPSA) is 71.9 Å². The Labute approximate surface area is 103 Å². The van der Waals surface area contributed by atoms with Gasteiger partial charge in [-0.2, -0.15) is 4.39 Å². The van der Waals surface area contributed by atoms with Crippen LogP contribution in [0.3, 0.4) is 0 Å². The number of aromatic nitrogens is 2. The SMILES string of the molecule is O=C(CCn1cc(F)c(=O)[nH]c1=O)[C]1[CH][CH][CH][CH]1. The van der Waals surface area contributed by atoms with Crippen LogP contribution in [0.15, 0.2) is 15.8 Å². The predicted molar refractivity (Wildman–Crippen MR) is 61.3 cm³/mol. The van der Waals surface area contributed by atoms with Crippen LogP contribution in [0.4, 0.5) is 4.39 Å². The van der Waals surface area contributed by atoms with Crippen molar-refractivity contribution in [3.8, 4) is 0 Å². The highest BCUT2D eigenvalue weighted by atomic mass is 19.1. The van der Waals surface area contributed by atoms with Crippen molar-refractivity contribution < 1.29 is 9.18 Å². The van der Waals surface area contributed by atoms with Gasteiger partial charge in [0.15, 0.2) is 0 Å². The molecule has 1 fully saturated rings. The van der Waals surface area contributed by atoms with Gasteiger partial charge in [0.25, 0.3) is 5.56 Å². The van der Waals surface area contributed by atoms with E-state index in [-0.39, 0.29) is 18.7 Å². The van der Waals surface area contributed by atoms with E-state index >= 15 is 0 Å². The summed E-state index contributed by atoms with van der Waals surface area (Å²) in [5, 5.41) is 0. The quantitative estimate of drug-likeness (QED) is 0.819. The normalized spacial score (nSPS) is 16.1. The number of nitrogens with one attached hydrogen (secondary N) is 1. The lowest BCUT2D eigenvalue weighted by molar-refractivity contribution is -0.116. The number of ketones is 1. The number of Topliss-reactive ketones (excluding diaryl/α,β-unsaturated/α-hetero) is 1. The number of nitrogens with zero attached hydrogens (tertiary/aromatic N) is 1. The Morgan fingerprint density at radius 1 is 1.28 bits per heavy atom. The molecule has 2 rings (SSSR count). The van der Waals surface area contributed by atoms with Crippen LogP contribution >= 0.6 is 0 Å². The number of carbonyl (C=O) groups excluding carboxylic acids is 1. The van der Waals surface area contributed by atoms with E-state index in [1.54, 1.807) is 25.7 Å². The molecule has 0 amide bonds. The number of aryl methyl sites for hydroxylation is 1. The minimum atomic E-state index is -1.06. The van der Waals surface area contributed by atoms with Crippen molar-refractivity contribution in [3.05, 3.63) is 64.5 Å². The molecule has 18 heavy (non-hydrogen) atoms. The molecule has 5 nitrogen and oxygen atoms in total. The van der Waals surface area contributed by atoms with E-state index in [9.17, 15) is 18.8 Å². The van der Waals surface area contributed by atoms with Gasteiger partial charge in [0, 0.05) is 18.9 Å². The maximum Gasteiger partial charge on any atom is 0.328 e. The van der Waals surface area contributed by atoms with Gasteiger partial charge in [0.1, 0.15) is 5.78 Å². The molecule has 0 saturated heterocycles. The Morgan fingerprint density at radius 2 is 1.94 bits per heavy atom. The van der Waals surface area contributed by atoms with E-state index in [4.69, 9.17) is 0 Å². The number of rotatable bonds is 4. The van der Waals surface area contributed by atoms with Gasteiger partial charge in [-0.15, -0.1) is 0 Å². The molecule has 0 atom stereocenters. The van der Waals surface area contributed by atoms with E-state index in [1.807, 2.05) is 4.98 Å². The van der Waals surface area contributed by atoms with E-state index in [1.165, 1.54) is 0 Å². The summed E-state index contributed by atoms with van der Waals surface area (Å²) in [5.41, 5.74) is -1.78. The lowest BCUT2D eigenvalue weighted by Crippen LogP contribution is -2.32. The Hall–Kier alpha value is -1.72. The van der Waals surface area contributed by atoms with Crippen LogP contribution in [-0.4, -0.2) is 15.3 Å². The van der Waals surface area contributed by atoms with Gasteiger partial charge in [0.2, 0.25) is 5.82 Å². The summed E-state index contributed by atoms with van der Waals surface area (Å²) in [6.07, 6.45) is 7.67. The summed E-state index contributed by atoms with van der Waals surface area (Å²) >= 11 is 0. The average molecular weight is 249 g/mol. The van der Waals surface area contributed by atoms with E-state index < -0.39 is 17.1 Å². The fourth-order valence-corrected chi connectivity index (χ4v) is 1.58. The molecule has 1 N–H and O–H groups in total. The van der Waals surface area contributed by atoms with Crippen molar-refractivity contribution in [2.45, 2.75) is 13.0 Å². The zero-order valence-electron chi connectivity index (χ0n) is 9.35. The second-order valence-corrected chi connectivity index (χ2v) is 3.78. The summed E-state index contributed by atoms with van der Waals surface area (Å²) in [6, 6.07) is 0. The first-order valence-electron chi connectivity index (χ1n) is 5.32. The van der Waals surface area contributed by atoms with Gasteiger partial charge >= 0.3 is 5.69 Å². The Bertz CT molecular complexity index is 555. The van der Waals surface area contributed by atoms with Crippen LogP contribution in [-0.2, 0) is 11.3 Å². The zero-order valence-corrected chi connectivity index (χ0v) is 9.35. The lowest BCUT2D eigenvalue weighted by Gasteiger charge is -2.07. The Morgan fingerprint density at radius 3 is 2.61 bits per heavy atom. The van der Waals surface area contributed by atoms with E-state index in [2.05, 4.69) is 0 Å². The molecule has 6 heteroatoms. The Kier molecular flexibility index (Phi) is 3.74. The van der Waals surface area contributed by atoms with Gasteiger partial charge in [-0.1, -0.05) is 0 Å². The minimum absolute atomic E-state index is 0.0244. The maximum atomic E-state index is 13.0. The lowest BCUT2D eigenvalue weighted by atomic mass is 10.0. The van der Waals surface area contributed by atoms with Crippen LogP contribution in [0.5, 0.6) is 0 Å². The number of hydrogen-bond acceptors (Lipinski definition) is 3. The average Bonchev–Trinajstić information content (AvgIpc) is 2.85. The first-order chi connectivity index (χ1) is 8.58. The monoisotopic (exact) mass is 249 g/mol. The van der Waals surface area contributed by atoms with Gasteiger partial charge < -0.3 is 0 Å². The smallest absolute Gasteiger partial charge is 0.299 e. The molecule has 1 aliphatic rings. The number of H-pyrrole nitrogens is 1. The highest BCUT2D eigenvalue weighted by Gasteiger charge is 2.24. The summed E-state index contributed by atoms with van der Waals surface area (Å²) in [5.74, 6) is -0.637. The third kappa shape index (κ3) is 2.75. The van der Waals surface area contributed by atoms with Gasteiger partial charge in [-0.05, 0) is 25.7 Å². The molecule has 0 unspecified atom stereocenters. The molecule has 1 aromatic heterocycles. The van der Waals surface area contributed by atoms with Crippen LogP contribution in [0, 0.1) is 37.4 Å². The number of hydrogen-bond donors (Lipinski definition) is 1. The highest BCUT2D eigenvalue weighted by Crippen LogP contribution is 2.24. The number of halogens is 1. The second-order valence-electron chi connectivity index (χ2n) is 3.78. The van der Waals surface area contributed by atoms with Crippen molar-refractivity contribution in [1.29, 1.82) is 0 Å². The third-order valence-corrected chi connectivity index (χ3v) is 2.53. The molecule has 1 saturated carbocycles. The second kappa shape index (κ2) is 5.29. The largest absolute Gasteiger partial charge is 0.328 e. The first kappa shape index (κ1) is 12.7. The molecule has 0 aliphatic heterocycles. The molecule has 0 bridgehead atoms. The molecule has 1 aromatic rings. The van der Waals surface area contributed by atoms with Gasteiger partial charge in [-0.3, -0.25) is 19.1 Å². The molecular formula is C12H10FN2O3. The standard InChI is InChI=1S/C12H10FN2O3/c13-9-7-15(12(18)14-11(9)17)6-5-10(16)8-3-1-2-4-8/h1-4,7H,5-6H2,(H,14,17,18). The zero-order chi connectivity index (χ0) is 13.1. The van der Waals surface area contributed by atoms with Crippen molar-refractivity contribution in [1.82, 2.24) is 9.55 Å². The highest BCUT2D eigenvalue weighted by molar-refractivity contribution is 5.97. The predicted octanol–water partition coefficient (Wildman–Crippen LogP) is 0.0402. The molecule has 0 spiro atoms. The third-order valence-electron chi connectivity index (χ3n) is 2.53. The first-order valence-corrected chi connectivity index (χ1v) is 5.32. The van der Waals surface area contributed by atoms with Crippen LogP contribution in [0.25, 0.3) is 0 Å². The maximum absolute atomic E-state index is 13.0. The van der Waals surface area contributed by atoms with Crippen LogP contribution < -0.4 is 11.2 Å². The number of carbonyl (C=O) groups is 1. The fraction of sp³-hybridized carbons (Fsp3) is 0.167. The summed E-state index contributed by atoms with van der Waals surface area (Å²) in [6.45, 7) is 0.0244. The van der Waals surface area contributed by atoms with E-state index in [0.29, 0.717) is 5.92 Å². The molecule has 93 valence electrons. The summed E-state index contributed by atoms with van der Waals surface area (Å²) in [7, 11) is 0. The van der Waals surface area contributed by atoms with Crippen molar-refractivity contribution >= 4 is 5.78 Å². The molecule has 1 heterocycles. The van der Waals surface area contributed by atoms with Crippen molar-refractivity contribution in [2.24, 2.45) is 0 Å².